The summed E-state index contributed by atoms with van der Waals surface area (Å²) in [5.41, 5.74) is 0. The van der Waals surface area contributed by atoms with Crippen LogP contribution in [-0.2, 0) is 32.7 Å². The number of rotatable bonds is 37. The summed E-state index contributed by atoms with van der Waals surface area (Å²) >= 11 is 0. The third-order valence-corrected chi connectivity index (χ3v) is 11.3. The van der Waals surface area contributed by atoms with Gasteiger partial charge in [0.1, 0.15) is 43.2 Å². The average Bonchev–Trinajstić information content (AvgIpc) is 3.30. The summed E-state index contributed by atoms with van der Waals surface area (Å²) in [4.78, 5) is 35.7. The lowest BCUT2D eigenvalue weighted by Crippen LogP contribution is -2.64. The van der Waals surface area contributed by atoms with E-state index in [1.54, 1.807) is 6.08 Å². The van der Waals surface area contributed by atoms with Gasteiger partial charge in [0.25, 0.3) is 0 Å². The highest BCUT2D eigenvalue weighted by Crippen LogP contribution is 2.47. The molecule has 1 aliphatic carbocycles. The van der Waals surface area contributed by atoms with Crippen LogP contribution in [0.3, 0.4) is 0 Å². The van der Waals surface area contributed by atoms with E-state index in [2.05, 4.69) is 73.8 Å². The fourth-order valence-electron chi connectivity index (χ4n) is 6.32. The Balaban J connectivity index is 2.51. The van der Waals surface area contributed by atoms with Gasteiger partial charge in [-0.25, -0.2) is 4.57 Å². The molecule has 0 aromatic rings. The van der Waals surface area contributed by atoms with Crippen LogP contribution < -0.4 is 0 Å². The molecule has 66 heavy (non-hydrogen) atoms. The van der Waals surface area contributed by atoms with Crippen LogP contribution in [0.15, 0.2) is 109 Å². The van der Waals surface area contributed by atoms with Crippen molar-refractivity contribution in [3.8, 4) is 0 Å². The number of esters is 2. The van der Waals surface area contributed by atoms with E-state index >= 15 is 0 Å². The average molecular weight is 949 g/mol. The van der Waals surface area contributed by atoms with Crippen LogP contribution in [0.2, 0.25) is 0 Å². The Morgan fingerprint density at radius 3 is 1.55 bits per heavy atom. The number of ether oxygens (including phenoxy) is 2. The summed E-state index contributed by atoms with van der Waals surface area (Å²) < 4.78 is 33.5. The summed E-state index contributed by atoms with van der Waals surface area (Å²) in [6, 6.07) is 0. The Hall–Kier alpha value is -3.53. The second kappa shape index (κ2) is 39.5. The van der Waals surface area contributed by atoms with E-state index in [9.17, 15) is 49.7 Å². The number of hydrogen-bond acceptors (Lipinski definition) is 13. The van der Waals surface area contributed by atoms with Crippen molar-refractivity contribution in [3.63, 3.8) is 0 Å². The van der Waals surface area contributed by atoms with E-state index in [-0.39, 0.29) is 12.8 Å². The predicted octanol–water partition coefficient (Wildman–Crippen LogP) is 8.58. The fraction of sp³-hybridized carbons (Fsp3) is 0.608. The number of aliphatic hydroxyl groups is 6. The molecular weight excluding hydrogens is 868 g/mol. The summed E-state index contributed by atoms with van der Waals surface area (Å²) in [7, 11) is -5.15. The summed E-state index contributed by atoms with van der Waals surface area (Å²) in [6.07, 6.45) is 38.0. The number of carbonyl (C=O) groups excluding carboxylic acids is 2. The molecule has 15 heteroatoms. The summed E-state index contributed by atoms with van der Waals surface area (Å²) in [5, 5.41) is 59.7. The Labute approximate surface area is 394 Å². The SMILES string of the molecule is CC/C=C\C/C=C\C/C=C\C/C=C\CCCCCCCCC(=O)O[C@H](COC(=O)CCC/C=C\C/C=C\C/C=C\C/C=C\C=C\[C@@H](O)CC)COP(=O)(O)OC1[C@H](O)[C@H](O)C(O)[C@H](O)[C@H]1O. The molecular formula is C51H81O14P. The number of aliphatic hydroxyl groups excluding tert-OH is 6. The Morgan fingerprint density at radius 1 is 0.545 bits per heavy atom. The minimum absolute atomic E-state index is 0.0539. The minimum Gasteiger partial charge on any atom is -0.462 e. The van der Waals surface area contributed by atoms with Gasteiger partial charge in [-0.15, -0.1) is 0 Å². The van der Waals surface area contributed by atoms with Crippen molar-refractivity contribution < 1.29 is 68.2 Å². The molecule has 0 bridgehead atoms. The number of phosphoric ester groups is 1. The van der Waals surface area contributed by atoms with Crippen LogP contribution in [-0.4, -0.2) is 110 Å². The number of allylic oxidation sites excluding steroid dienone is 17. The highest BCUT2D eigenvalue weighted by atomic mass is 31.2. The van der Waals surface area contributed by atoms with Crippen molar-refractivity contribution in [2.75, 3.05) is 13.2 Å². The molecule has 1 rings (SSSR count). The minimum atomic E-state index is -5.15. The first kappa shape index (κ1) is 60.5. The summed E-state index contributed by atoms with van der Waals surface area (Å²) in [5.74, 6) is -1.22. The van der Waals surface area contributed by atoms with E-state index in [1.165, 1.54) is 0 Å². The molecule has 0 aromatic carbocycles. The quantitative estimate of drug-likeness (QED) is 0.0102. The smallest absolute Gasteiger partial charge is 0.462 e. The molecule has 1 fully saturated rings. The third-order valence-electron chi connectivity index (χ3n) is 10.3. The zero-order valence-corrected chi connectivity index (χ0v) is 40.2. The van der Waals surface area contributed by atoms with Gasteiger partial charge in [-0.2, -0.15) is 0 Å². The van der Waals surface area contributed by atoms with E-state index in [4.69, 9.17) is 18.5 Å². The van der Waals surface area contributed by atoms with Gasteiger partial charge < -0.3 is 45.0 Å². The molecule has 1 saturated carbocycles. The molecule has 0 spiro atoms. The van der Waals surface area contributed by atoms with E-state index in [1.807, 2.05) is 43.4 Å². The van der Waals surface area contributed by atoms with Crippen molar-refractivity contribution >= 4 is 19.8 Å². The molecule has 9 atom stereocenters. The standard InChI is InChI=1S/C51H81O14P/c1-3-5-6-7-8-9-10-11-12-13-14-15-16-21-24-27-30-33-36-39-45(54)64-43(41-63-66(60,61)65-51-49(58)47(56)46(55)48(57)50(51)59)40-62-44(53)38-35-32-29-26-23-20-18-17-19-22-25-28-31-34-37-42(52)4-2/h5-6,8-9,11-12,14-15,18-20,22,26,28-29,31,34,37,42-43,46-52,55-59H,3-4,7,10,13,16-17,21,23-25,27,30,32-33,35-36,38-41H2,1-2H3,(H,60,61)/b6-5-,9-8-,12-11-,15-14-,20-18-,22-19-,29-26-,31-28-,37-34+/t42-,43+,46?,47-,48+,49+,50+,51?/m0/s1. The van der Waals surface area contributed by atoms with Crippen molar-refractivity contribution in [3.05, 3.63) is 109 Å². The predicted molar refractivity (Wildman–Crippen MR) is 259 cm³/mol. The highest BCUT2D eigenvalue weighted by Gasteiger charge is 2.51. The zero-order chi connectivity index (χ0) is 48.7. The highest BCUT2D eigenvalue weighted by molar-refractivity contribution is 7.47. The zero-order valence-electron chi connectivity index (χ0n) is 39.3. The molecule has 14 nitrogen and oxygen atoms in total. The molecule has 1 aliphatic rings. The molecule has 0 heterocycles. The van der Waals surface area contributed by atoms with Gasteiger partial charge in [0.05, 0.1) is 12.7 Å². The first-order valence-corrected chi connectivity index (χ1v) is 25.3. The van der Waals surface area contributed by atoms with Crippen molar-refractivity contribution in [1.82, 2.24) is 0 Å². The van der Waals surface area contributed by atoms with Crippen molar-refractivity contribution in [2.24, 2.45) is 0 Å². The van der Waals surface area contributed by atoms with Gasteiger partial charge in [-0.05, 0) is 83.5 Å². The Kier molecular flexibility index (Phi) is 36.2. The van der Waals surface area contributed by atoms with Crippen LogP contribution in [0.25, 0.3) is 0 Å². The van der Waals surface area contributed by atoms with Crippen molar-refractivity contribution in [2.45, 2.75) is 185 Å². The molecule has 0 saturated heterocycles. The lowest BCUT2D eigenvalue weighted by molar-refractivity contribution is -0.220. The number of unbranched alkanes of at least 4 members (excludes halogenated alkanes) is 7. The first-order chi connectivity index (χ1) is 31.8. The normalized spacial score (nSPS) is 22.7. The number of carbonyl (C=O) groups is 2. The van der Waals surface area contributed by atoms with E-state index in [0.29, 0.717) is 25.7 Å². The van der Waals surface area contributed by atoms with Gasteiger partial charge in [0, 0.05) is 12.8 Å². The third kappa shape index (κ3) is 31.4. The number of phosphoric acid groups is 1. The topological polar surface area (TPSA) is 230 Å². The van der Waals surface area contributed by atoms with Crippen LogP contribution in [0.5, 0.6) is 0 Å². The Bertz CT molecular complexity index is 1580. The van der Waals surface area contributed by atoms with Gasteiger partial charge in [-0.3, -0.25) is 18.6 Å². The molecule has 0 aliphatic heterocycles. The van der Waals surface area contributed by atoms with Gasteiger partial charge in [0.2, 0.25) is 0 Å². The lowest BCUT2D eigenvalue weighted by Gasteiger charge is -2.41. The van der Waals surface area contributed by atoms with Crippen LogP contribution in [0.1, 0.15) is 136 Å². The molecule has 3 unspecified atom stereocenters. The van der Waals surface area contributed by atoms with Gasteiger partial charge >= 0.3 is 19.8 Å². The van der Waals surface area contributed by atoms with Gasteiger partial charge in [-0.1, -0.05) is 149 Å². The van der Waals surface area contributed by atoms with E-state index in [0.717, 1.165) is 83.5 Å². The maximum atomic E-state index is 12.8. The largest absolute Gasteiger partial charge is 0.472 e. The first-order valence-electron chi connectivity index (χ1n) is 23.8. The van der Waals surface area contributed by atoms with Crippen LogP contribution >= 0.6 is 7.82 Å². The lowest BCUT2D eigenvalue weighted by atomic mass is 9.85. The van der Waals surface area contributed by atoms with Crippen LogP contribution in [0, 0.1) is 0 Å². The molecule has 0 amide bonds. The van der Waals surface area contributed by atoms with Crippen LogP contribution in [0.4, 0.5) is 0 Å². The maximum Gasteiger partial charge on any atom is 0.472 e. The number of hydrogen-bond donors (Lipinski definition) is 7. The molecule has 7 N–H and O–H groups in total. The molecule has 0 radical (unpaired) electrons. The fourth-order valence-corrected chi connectivity index (χ4v) is 7.30. The second-order valence-corrected chi connectivity index (χ2v) is 17.5. The molecule has 374 valence electrons. The summed E-state index contributed by atoms with van der Waals surface area (Å²) in [6.45, 7) is 2.78. The van der Waals surface area contributed by atoms with E-state index < -0.39 is 81.8 Å². The second-order valence-electron chi connectivity index (χ2n) is 16.0. The molecule has 0 aromatic heterocycles. The van der Waals surface area contributed by atoms with Gasteiger partial charge in [0.15, 0.2) is 6.10 Å². The van der Waals surface area contributed by atoms with Crippen molar-refractivity contribution in [1.29, 1.82) is 0 Å². The Morgan fingerprint density at radius 2 is 1.00 bits per heavy atom. The maximum absolute atomic E-state index is 12.8. The monoisotopic (exact) mass is 949 g/mol.